The van der Waals surface area contributed by atoms with Gasteiger partial charge in [0, 0.05) is 24.7 Å². The molecular weight excluding hydrogens is 423 g/mol. The number of carbonyl (C=O) groups is 1. The van der Waals surface area contributed by atoms with Crippen LogP contribution in [-0.2, 0) is 4.74 Å². The maximum atomic E-state index is 15.3. The molecule has 1 aliphatic heterocycles. The van der Waals surface area contributed by atoms with Crippen molar-refractivity contribution >= 4 is 45.2 Å². The molecule has 2 aromatic carbocycles. The van der Waals surface area contributed by atoms with Crippen LogP contribution in [0.15, 0.2) is 36.5 Å². The Morgan fingerprint density at radius 1 is 1.19 bits per heavy atom. The van der Waals surface area contributed by atoms with Gasteiger partial charge in [-0.3, -0.25) is 9.55 Å². The number of aromatic carboxylic acids is 1. The molecule has 0 unspecified atom stereocenters. The third-order valence-electron chi connectivity index (χ3n) is 5.54. The number of benzene rings is 2. The van der Waals surface area contributed by atoms with Crippen molar-refractivity contribution in [2.45, 2.75) is 6.92 Å². The second-order valence-electron chi connectivity index (χ2n) is 7.32. The lowest BCUT2D eigenvalue weighted by molar-refractivity contribution is 0.0694. The zero-order chi connectivity index (χ0) is 21.7. The molecule has 7 nitrogen and oxygen atoms in total. The van der Waals surface area contributed by atoms with E-state index in [2.05, 4.69) is 9.97 Å². The van der Waals surface area contributed by atoms with Gasteiger partial charge < -0.3 is 14.7 Å². The van der Waals surface area contributed by atoms with Crippen molar-refractivity contribution in [3.8, 4) is 5.69 Å². The number of morpholine rings is 1. The number of carboxylic acids is 1. The fourth-order valence-electron chi connectivity index (χ4n) is 4.15. The van der Waals surface area contributed by atoms with E-state index in [0.29, 0.717) is 48.2 Å². The van der Waals surface area contributed by atoms with Gasteiger partial charge >= 0.3 is 5.97 Å². The molecule has 31 heavy (non-hydrogen) atoms. The number of hydrogen-bond acceptors (Lipinski definition) is 5. The van der Waals surface area contributed by atoms with E-state index < -0.39 is 17.3 Å². The van der Waals surface area contributed by atoms with Crippen molar-refractivity contribution in [2.75, 3.05) is 31.2 Å². The van der Waals surface area contributed by atoms with E-state index in [-0.39, 0.29) is 11.2 Å². The lowest BCUT2D eigenvalue weighted by Gasteiger charge is -2.29. The van der Waals surface area contributed by atoms with E-state index in [1.165, 1.54) is 0 Å². The number of ether oxygens (including phenoxy) is 1. The first-order valence-corrected chi connectivity index (χ1v) is 10.2. The van der Waals surface area contributed by atoms with E-state index in [1.54, 1.807) is 30.2 Å². The van der Waals surface area contributed by atoms with Gasteiger partial charge in [0.05, 0.1) is 40.6 Å². The number of hydrogen-bond donors (Lipinski definition) is 1. The largest absolute Gasteiger partial charge is 0.478 e. The van der Waals surface area contributed by atoms with Crippen molar-refractivity contribution in [3.05, 3.63) is 58.8 Å². The van der Waals surface area contributed by atoms with E-state index >= 15 is 4.39 Å². The number of rotatable bonds is 3. The molecular formula is C22H18ClFN4O3. The predicted molar refractivity (Wildman–Crippen MR) is 116 cm³/mol. The number of imidazole rings is 1. The van der Waals surface area contributed by atoms with Crippen LogP contribution < -0.4 is 4.90 Å². The van der Waals surface area contributed by atoms with Crippen LogP contribution in [0.25, 0.3) is 27.6 Å². The van der Waals surface area contributed by atoms with Crippen LogP contribution in [0.3, 0.4) is 0 Å². The Hall–Kier alpha value is -3.23. The molecule has 2 aromatic heterocycles. The number of aryl methyl sites for hydroxylation is 1. The number of carboxylic acid groups (broad SMARTS) is 1. The number of aromatic nitrogens is 3. The summed E-state index contributed by atoms with van der Waals surface area (Å²) < 4.78 is 22.5. The van der Waals surface area contributed by atoms with E-state index in [4.69, 9.17) is 16.3 Å². The van der Waals surface area contributed by atoms with Gasteiger partial charge in [-0.05, 0) is 25.1 Å². The summed E-state index contributed by atoms with van der Waals surface area (Å²) >= 11 is 6.33. The second-order valence-corrected chi connectivity index (χ2v) is 7.72. The second kappa shape index (κ2) is 7.47. The van der Waals surface area contributed by atoms with Crippen molar-refractivity contribution in [3.63, 3.8) is 0 Å². The molecule has 0 saturated carbocycles. The molecule has 0 amide bonds. The highest BCUT2D eigenvalue weighted by atomic mass is 35.5. The average Bonchev–Trinajstić information content (AvgIpc) is 3.08. The molecule has 9 heteroatoms. The minimum atomic E-state index is -1.36. The first kappa shape index (κ1) is 19.7. The zero-order valence-corrected chi connectivity index (χ0v) is 17.4. The van der Waals surface area contributed by atoms with Gasteiger partial charge in [0.15, 0.2) is 5.82 Å². The van der Waals surface area contributed by atoms with E-state index in [0.717, 1.165) is 11.1 Å². The number of halogens is 2. The Labute approximate surface area is 181 Å². The van der Waals surface area contributed by atoms with Gasteiger partial charge in [0.25, 0.3) is 0 Å². The summed E-state index contributed by atoms with van der Waals surface area (Å²) in [7, 11) is 0. The number of fused-ring (bicyclic) bond motifs is 2. The fourth-order valence-corrected chi connectivity index (χ4v) is 4.37. The first-order chi connectivity index (χ1) is 15.0. The van der Waals surface area contributed by atoms with Crippen LogP contribution in [0.1, 0.15) is 16.2 Å². The van der Waals surface area contributed by atoms with Crippen molar-refractivity contribution in [1.29, 1.82) is 0 Å². The monoisotopic (exact) mass is 440 g/mol. The molecule has 158 valence electrons. The van der Waals surface area contributed by atoms with Crippen LogP contribution in [0.4, 0.5) is 10.1 Å². The third-order valence-corrected chi connectivity index (χ3v) is 5.85. The summed E-state index contributed by atoms with van der Waals surface area (Å²) in [5.74, 6) is -1.61. The Morgan fingerprint density at radius 3 is 2.71 bits per heavy atom. The molecule has 3 heterocycles. The van der Waals surface area contributed by atoms with E-state index in [1.807, 2.05) is 22.8 Å². The molecule has 0 aliphatic carbocycles. The highest BCUT2D eigenvalue weighted by molar-refractivity contribution is 6.35. The number of anilines is 1. The van der Waals surface area contributed by atoms with Crippen LogP contribution >= 0.6 is 11.6 Å². The Morgan fingerprint density at radius 2 is 1.97 bits per heavy atom. The van der Waals surface area contributed by atoms with Gasteiger partial charge in [-0.15, -0.1) is 0 Å². The number of pyridine rings is 1. The average molecular weight is 441 g/mol. The van der Waals surface area contributed by atoms with Crippen molar-refractivity contribution in [1.82, 2.24) is 14.5 Å². The smallest absolute Gasteiger partial charge is 0.341 e. The van der Waals surface area contributed by atoms with Gasteiger partial charge in [-0.25, -0.2) is 14.2 Å². The number of nitrogens with zero attached hydrogens (tertiary/aromatic N) is 4. The summed E-state index contributed by atoms with van der Waals surface area (Å²) in [5, 5.41) is 11.1. The molecule has 5 rings (SSSR count). The molecule has 0 bridgehead atoms. The third kappa shape index (κ3) is 3.10. The quantitative estimate of drug-likeness (QED) is 0.514. The summed E-state index contributed by atoms with van der Waals surface area (Å²) in [4.78, 5) is 22.6. The highest BCUT2D eigenvalue weighted by Crippen LogP contribution is 2.35. The molecule has 1 fully saturated rings. The lowest BCUT2D eigenvalue weighted by Crippen LogP contribution is -2.37. The topological polar surface area (TPSA) is 80.5 Å². The molecule has 1 aliphatic rings. The standard InChI is InChI=1S/C22H18ClFN4O3/c1-12-26-21-17(28(12)15-5-6-25-20-13(15)3-2-4-14(20)23)11-16(19(24)18(21)22(29)30)27-7-9-31-10-8-27/h2-6,11H,7-10H2,1H3,(H,29,30). The van der Waals surface area contributed by atoms with Gasteiger partial charge in [0.2, 0.25) is 0 Å². The zero-order valence-electron chi connectivity index (χ0n) is 16.6. The summed E-state index contributed by atoms with van der Waals surface area (Å²) in [6.45, 7) is 3.61. The molecule has 0 spiro atoms. The Balaban J connectivity index is 1.85. The summed E-state index contributed by atoms with van der Waals surface area (Å²) in [6, 6.07) is 8.95. The molecule has 0 atom stereocenters. The fraction of sp³-hybridized carbons (Fsp3) is 0.227. The summed E-state index contributed by atoms with van der Waals surface area (Å²) in [5.41, 5.74) is 1.76. The SMILES string of the molecule is Cc1nc2c(C(=O)O)c(F)c(N3CCOCC3)cc2n1-c1ccnc2c(Cl)cccc12. The van der Waals surface area contributed by atoms with E-state index in [9.17, 15) is 9.90 Å². The molecule has 1 N–H and O–H groups in total. The predicted octanol–water partition coefficient (Wildman–Crippen LogP) is 4.21. The van der Waals surface area contributed by atoms with Gasteiger partial charge in [0.1, 0.15) is 16.9 Å². The molecule has 4 aromatic rings. The first-order valence-electron chi connectivity index (χ1n) is 9.78. The Bertz CT molecular complexity index is 1350. The van der Waals surface area contributed by atoms with Crippen molar-refractivity contribution in [2.24, 2.45) is 0 Å². The van der Waals surface area contributed by atoms with Crippen LogP contribution in [-0.4, -0.2) is 51.9 Å². The molecule has 1 saturated heterocycles. The molecule has 0 radical (unpaired) electrons. The minimum absolute atomic E-state index is 0.103. The maximum Gasteiger partial charge on any atom is 0.341 e. The van der Waals surface area contributed by atoms with Gasteiger partial charge in [-0.1, -0.05) is 23.7 Å². The van der Waals surface area contributed by atoms with Crippen LogP contribution in [0.5, 0.6) is 0 Å². The number of para-hydroxylation sites is 1. The van der Waals surface area contributed by atoms with Crippen LogP contribution in [0.2, 0.25) is 5.02 Å². The highest BCUT2D eigenvalue weighted by Gasteiger charge is 2.27. The minimum Gasteiger partial charge on any atom is -0.478 e. The van der Waals surface area contributed by atoms with Crippen LogP contribution in [0, 0.1) is 12.7 Å². The lowest BCUT2D eigenvalue weighted by atomic mass is 10.1. The maximum absolute atomic E-state index is 15.3. The normalized spacial score (nSPS) is 14.5. The summed E-state index contributed by atoms with van der Waals surface area (Å²) in [6.07, 6.45) is 1.64. The Kier molecular flexibility index (Phi) is 4.75. The van der Waals surface area contributed by atoms with Crippen molar-refractivity contribution < 1.29 is 19.0 Å². The van der Waals surface area contributed by atoms with Gasteiger partial charge in [-0.2, -0.15) is 0 Å².